The van der Waals surface area contributed by atoms with Crippen molar-refractivity contribution in [1.29, 1.82) is 5.26 Å². The van der Waals surface area contributed by atoms with Crippen LogP contribution in [0.15, 0.2) is 30.3 Å². The molecule has 1 aromatic heterocycles. The van der Waals surface area contributed by atoms with Gasteiger partial charge < -0.3 is 9.84 Å². The van der Waals surface area contributed by atoms with Crippen LogP contribution >= 0.6 is 0 Å². The fraction of sp³-hybridized carbons (Fsp3) is 0.188. The quantitative estimate of drug-likeness (QED) is 0.867. The van der Waals surface area contributed by atoms with Crippen LogP contribution in [-0.4, -0.2) is 22.7 Å². The van der Waals surface area contributed by atoms with Crippen molar-refractivity contribution in [3.05, 3.63) is 47.3 Å². The summed E-state index contributed by atoms with van der Waals surface area (Å²) in [4.78, 5) is 15.4. The number of esters is 1. The smallest absolute Gasteiger partial charge is 0.416 e. The lowest BCUT2D eigenvalue weighted by Crippen LogP contribution is -2.09. The maximum absolute atomic E-state index is 12.6. The van der Waals surface area contributed by atoms with Crippen LogP contribution in [-0.2, 0) is 10.9 Å². The zero-order chi connectivity index (χ0) is 17.9. The molecule has 1 aromatic carbocycles. The van der Waals surface area contributed by atoms with Gasteiger partial charge in [-0.15, -0.1) is 0 Å². The molecule has 0 saturated carbocycles. The van der Waals surface area contributed by atoms with Crippen molar-refractivity contribution in [2.75, 3.05) is 6.61 Å². The minimum Gasteiger partial charge on any atom is -0.505 e. The summed E-state index contributed by atoms with van der Waals surface area (Å²) >= 11 is 0. The van der Waals surface area contributed by atoms with Crippen LogP contribution in [0.25, 0.3) is 11.1 Å². The van der Waals surface area contributed by atoms with E-state index in [2.05, 4.69) is 4.98 Å². The molecule has 1 heterocycles. The van der Waals surface area contributed by atoms with Crippen LogP contribution in [0, 0.1) is 11.3 Å². The molecule has 2 rings (SSSR count). The summed E-state index contributed by atoms with van der Waals surface area (Å²) in [6, 6.07) is 6.87. The van der Waals surface area contributed by atoms with E-state index in [0.717, 1.165) is 30.3 Å². The van der Waals surface area contributed by atoms with E-state index in [0.29, 0.717) is 0 Å². The lowest BCUT2D eigenvalue weighted by molar-refractivity contribution is -0.137. The Labute approximate surface area is 134 Å². The number of nitrogens with zero attached hydrogens (tertiary/aromatic N) is 2. The van der Waals surface area contributed by atoms with E-state index in [1.165, 1.54) is 0 Å². The third kappa shape index (κ3) is 3.46. The van der Waals surface area contributed by atoms with E-state index in [4.69, 9.17) is 10.00 Å². The molecule has 5 nitrogen and oxygen atoms in total. The first kappa shape index (κ1) is 17.3. The Hall–Kier alpha value is -3.08. The number of alkyl halides is 3. The highest BCUT2D eigenvalue weighted by molar-refractivity contribution is 5.91. The summed E-state index contributed by atoms with van der Waals surface area (Å²) < 4.78 is 42.5. The van der Waals surface area contributed by atoms with Gasteiger partial charge in [0.05, 0.1) is 12.2 Å². The summed E-state index contributed by atoms with van der Waals surface area (Å²) in [6.45, 7) is 1.62. The van der Waals surface area contributed by atoms with Crippen molar-refractivity contribution in [2.24, 2.45) is 0 Å². The maximum atomic E-state index is 12.6. The number of hydrogen-bond donors (Lipinski definition) is 1. The molecular formula is C16H11F3N2O3. The second-order valence-corrected chi connectivity index (χ2v) is 4.66. The number of nitriles is 1. The van der Waals surface area contributed by atoms with Gasteiger partial charge >= 0.3 is 12.1 Å². The number of aromatic hydroxyl groups is 1. The van der Waals surface area contributed by atoms with Gasteiger partial charge in [-0.3, -0.25) is 0 Å². The highest BCUT2D eigenvalue weighted by atomic mass is 19.4. The van der Waals surface area contributed by atoms with Gasteiger partial charge in [-0.2, -0.15) is 18.4 Å². The molecular weight excluding hydrogens is 325 g/mol. The van der Waals surface area contributed by atoms with E-state index < -0.39 is 29.2 Å². The van der Waals surface area contributed by atoms with Crippen LogP contribution in [0.1, 0.15) is 28.7 Å². The zero-order valence-electron chi connectivity index (χ0n) is 12.4. The van der Waals surface area contributed by atoms with E-state index in [1.54, 1.807) is 13.0 Å². The van der Waals surface area contributed by atoms with Crippen molar-refractivity contribution in [3.8, 4) is 22.9 Å². The van der Waals surface area contributed by atoms with Crippen molar-refractivity contribution in [1.82, 2.24) is 4.98 Å². The molecule has 0 saturated heterocycles. The summed E-state index contributed by atoms with van der Waals surface area (Å²) in [6.07, 6.45) is -4.48. The number of ether oxygens (including phenoxy) is 1. The maximum Gasteiger partial charge on any atom is 0.416 e. The molecule has 0 spiro atoms. The third-order valence-corrected chi connectivity index (χ3v) is 3.10. The first-order chi connectivity index (χ1) is 11.3. The Balaban J connectivity index is 2.50. The van der Waals surface area contributed by atoms with E-state index in [1.807, 2.05) is 0 Å². The molecule has 24 heavy (non-hydrogen) atoms. The molecule has 1 N–H and O–H groups in total. The summed E-state index contributed by atoms with van der Waals surface area (Å²) in [5, 5.41) is 19.1. The van der Waals surface area contributed by atoms with E-state index in [9.17, 15) is 23.1 Å². The lowest BCUT2D eigenvalue weighted by Gasteiger charge is -2.10. The normalized spacial score (nSPS) is 11.0. The number of carbonyl (C=O) groups is 1. The van der Waals surface area contributed by atoms with Gasteiger partial charge in [-0.25, -0.2) is 9.78 Å². The summed E-state index contributed by atoms with van der Waals surface area (Å²) in [7, 11) is 0. The lowest BCUT2D eigenvalue weighted by atomic mass is 10.0. The third-order valence-electron chi connectivity index (χ3n) is 3.10. The van der Waals surface area contributed by atoms with Crippen molar-refractivity contribution in [3.63, 3.8) is 0 Å². The monoisotopic (exact) mass is 336 g/mol. The van der Waals surface area contributed by atoms with Crippen LogP contribution in [0.5, 0.6) is 5.75 Å². The van der Waals surface area contributed by atoms with Gasteiger partial charge in [0, 0.05) is 5.56 Å². The van der Waals surface area contributed by atoms with Crippen molar-refractivity contribution < 1.29 is 27.8 Å². The van der Waals surface area contributed by atoms with Crippen LogP contribution in [0.4, 0.5) is 13.2 Å². The molecule has 0 aliphatic rings. The minimum absolute atomic E-state index is 0.0580. The van der Waals surface area contributed by atoms with E-state index in [-0.39, 0.29) is 23.4 Å². The van der Waals surface area contributed by atoms with Gasteiger partial charge in [0.2, 0.25) is 0 Å². The molecule has 0 aliphatic carbocycles. The first-order valence-corrected chi connectivity index (χ1v) is 6.76. The van der Waals surface area contributed by atoms with Crippen molar-refractivity contribution >= 4 is 5.97 Å². The van der Waals surface area contributed by atoms with Gasteiger partial charge in [-0.05, 0) is 30.7 Å². The number of halogens is 3. The highest BCUT2D eigenvalue weighted by Gasteiger charge is 2.30. The number of aromatic nitrogens is 1. The Morgan fingerprint density at radius 1 is 1.33 bits per heavy atom. The first-order valence-electron chi connectivity index (χ1n) is 6.76. The molecule has 0 aliphatic heterocycles. The molecule has 124 valence electrons. The highest BCUT2D eigenvalue weighted by Crippen LogP contribution is 2.33. The predicted molar refractivity (Wildman–Crippen MR) is 77.0 cm³/mol. The van der Waals surface area contributed by atoms with E-state index >= 15 is 0 Å². The molecule has 8 heteroatoms. The molecule has 0 amide bonds. The molecule has 2 aromatic rings. The standard InChI is InChI=1S/C16H11F3N2O3/c1-2-24-15(23)14-13(22)7-11(12(8-20)21-14)9-3-5-10(6-4-9)16(17,18)19/h3-7,22H,2H2,1H3. The van der Waals surface area contributed by atoms with Crippen molar-refractivity contribution in [2.45, 2.75) is 13.1 Å². The number of pyridine rings is 1. The molecule has 0 radical (unpaired) electrons. The number of carbonyl (C=O) groups excluding carboxylic acids is 1. The second-order valence-electron chi connectivity index (χ2n) is 4.66. The van der Waals surface area contributed by atoms with Crippen LogP contribution in [0.2, 0.25) is 0 Å². The van der Waals surface area contributed by atoms with Gasteiger partial charge in [0.25, 0.3) is 0 Å². The number of hydrogen-bond acceptors (Lipinski definition) is 5. The largest absolute Gasteiger partial charge is 0.505 e. The molecule has 0 atom stereocenters. The average molecular weight is 336 g/mol. The Morgan fingerprint density at radius 2 is 1.96 bits per heavy atom. The zero-order valence-corrected chi connectivity index (χ0v) is 12.4. The van der Waals surface area contributed by atoms with Crippen LogP contribution < -0.4 is 0 Å². The fourth-order valence-electron chi connectivity index (χ4n) is 2.00. The Bertz CT molecular complexity index is 809. The minimum atomic E-state index is -4.48. The van der Waals surface area contributed by atoms with Crippen LogP contribution in [0.3, 0.4) is 0 Å². The molecule has 0 fully saturated rings. The number of rotatable bonds is 3. The Kier molecular flexibility index (Phi) is 4.74. The molecule has 0 unspecified atom stereocenters. The SMILES string of the molecule is CCOC(=O)c1nc(C#N)c(-c2ccc(C(F)(F)F)cc2)cc1O. The fourth-order valence-corrected chi connectivity index (χ4v) is 2.00. The summed E-state index contributed by atoms with van der Waals surface area (Å²) in [5.41, 5.74) is -1.13. The Morgan fingerprint density at radius 3 is 2.46 bits per heavy atom. The number of benzene rings is 1. The topological polar surface area (TPSA) is 83.2 Å². The average Bonchev–Trinajstić information content (AvgIpc) is 2.54. The molecule has 0 bridgehead atoms. The summed E-state index contributed by atoms with van der Waals surface area (Å²) in [5.74, 6) is -1.42. The van der Waals surface area contributed by atoms with Gasteiger partial charge in [-0.1, -0.05) is 12.1 Å². The second kappa shape index (κ2) is 6.58. The predicted octanol–water partition coefficient (Wildman–Crippen LogP) is 3.52. The van der Waals surface area contributed by atoms with Gasteiger partial charge in [0.15, 0.2) is 5.69 Å². The van der Waals surface area contributed by atoms with Gasteiger partial charge in [0.1, 0.15) is 17.5 Å².